The maximum absolute atomic E-state index is 13.1. The van der Waals surface area contributed by atoms with Crippen LogP contribution < -0.4 is 19.4 Å². The number of carbonyl (C=O) groups is 2. The van der Waals surface area contributed by atoms with Crippen LogP contribution in [-0.4, -0.2) is 50.0 Å². The molecule has 184 valence electrons. The van der Waals surface area contributed by atoms with Crippen LogP contribution in [0.25, 0.3) is 0 Å². The molecule has 1 saturated carbocycles. The molecule has 1 aliphatic carbocycles. The van der Waals surface area contributed by atoms with Crippen LogP contribution in [0.4, 0.5) is 22.7 Å². The van der Waals surface area contributed by atoms with Crippen LogP contribution in [0.3, 0.4) is 0 Å². The Labute approximate surface area is 204 Å². The lowest BCUT2D eigenvalue weighted by Gasteiger charge is -2.37. The van der Waals surface area contributed by atoms with Gasteiger partial charge in [0.1, 0.15) is 11.4 Å². The molecule has 2 heterocycles. The van der Waals surface area contributed by atoms with Crippen molar-refractivity contribution >= 4 is 34.6 Å². The van der Waals surface area contributed by atoms with Crippen molar-refractivity contribution in [2.24, 2.45) is 17.8 Å². The van der Waals surface area contributed by atoms with Gasteiger partial charge in [0.2, 0.25) is 11.8 Å². The number of fused-ring (bicyclic) bond motifs is 1. The molecule has 0 spiro atoms. The molecule has 3 fully saturated rings. The van der Waals surface area contributed by atoms with Gasteiger partial charge in [-0.2, -0.15) is 0 Å². The summed E-state index contributed by atoms with van der Waals surface area (Å²) in [4.78, 5) is 43.1. The number of nitro benzene ring substituents is 1. The average molecular weight is 479 g/mol. The van der Waals surface area contributed by atoms with E-state index in [4.69, 9.17) is 4.74 Å². The first-order chi connectivity index (χ1) is 16.9. The molecule has 2 aromatic carbocycles. The molecule has 0 radical (unpaired) electrons. The second-order valence-corrected chi connectivity index (χ2v) is 9.75. The maximum atomic E-state index is 13.1. The van der Waals surface area contributed by atoms with Gasteiger partial charge in [0, 0.05) is 44.0 Å². The lowest BCUT2D eigenvalue weighted by molar-refractivity contribution is -0.384. The van der Waals surface area contributed by atoms with Gasteiger partial charge in [0.15, 0.2) is 0 Å². The van der Waals surface area contributed by atoms with Crippen molar-refractivity contribution in [1.29, 1.82) is 0 Å². The largest absolute Gasteiger partial charge is 0.497 e. The minimum atomic E-state index is -0.423. The number of carbonyl (C=O) groups excluding carboxylic acids is 2. The molecule has 3 unspecified atom stereocenters. The molecule has 2 saturated heterocycles. The van der Waals surface area contributed by atoms with E-state index < -0.39 is 4.92 Å². The Balaban J connectivity index is 1.36. The summed E-state index contributed by atoms with van der Waals surface area (Å²) in [6.45, 7) is 4.74. The highest BCUT2D eigenvalue weighted by molar-refractivity contribution is 6.22. The number of rotatable bonds is 5. The maximum Gasteiger partial charge on any atom is 0.294 e. The van der Waals surface area contributed by atoms with Crippen LogP contribution in [0, 0.1) is 27.9 Å². The second kappa shape index (κ2) is 9.20. The molecule has 3 atom stereocenters. The Hall–Kier alpha value is -3.62. The van der Waals surface area contributed by atoms with Crippen LogP contribution >= 0.6 is 0 Å². The number of benzene rings is 2. The Kier molecular flexibility index (Phi) is 6.08. The van der Waals surface area contributed by atoms with E-state index in [1.807, 2.05) is 29.2 Å². The van der Waals surface area contributed by atoms with E-state index in [9.17, 15) is 19.7 Å². The molecular weight excluding hydrogens is 448 g/mol. The fraction of sp³-hybridized carbons (Fsp3) is 0.462. The number of hydrogen-bond acceptors (Lipinski definition) is 7. The van der Waals surface area contributed by atoms with Crippen molar-refractivity contribution < 1.29 is 19.2 Å². The summed E-state index contributed by atoms with van der Waals surface area (Å²) in [5.41, 5.74) is 1.78. The second-order valence-electron chi connectivity index (χ2n) is 9.75. The molecular formula is C26H30N4O5. The van der Waals surface area contributed by atoms with Gasteiger partial charge >= 0.3 is 0 Å². The highest BCUT2D eigenvalue weighted by Crippen LogP contribution is 2.43. The summed E-state index contributed by atoms with van der Waals surface area (Å²) in [6, 6.07) is 12.6. The first-order valence-corrected chi connectivity index (χ1v) is 12.2. The van der Waals surface area contributed by atoms with Gasteiger partial charge in [-0.05, 0) is 49.4 Å². The molecule has 9 heteroatoms. The minimum absolute atomic E-state index is 0.0822. The first-order valence-electron chi connectivity index (χ1n) is 12.2. The van der Waals surface area contributed by atoms with E-state index >= 15 is 0 Å². The van der Waals surface area contributed by atoms with E-state index in [0.29, 0.717) is 56.3 Å². The van der Waals surface area contributed by atoms with Gasteiger partial charge in [-0.25, -0.2) is 4.90 Å². The normalized spacial score (nSPS) is 24.5. The van der Waals surface area contributed by atoms with Crippen molar-refractivity contribution in [3.63, 3.8) is 0 Å². The first kappa shape index (κ1) is 23.1. The summed E-state index contributed by atoms with van der Waals surface area (Å²) < 4.78 is 5.32. The van der Waals surface area contributed by atoms with Crippen LogP contribution in [-0.2, 0) is 9.59 Å². The molecule has 2 amide bonds. The Morgan fingerprint density at radius 1 is 0.914 bits per heavy atom. The Bertz CT molecular complexity index is 1160. The van der Waals surface area contributed by atoms with Crippen molar-refractivity contribution in [3.05, 3.63) is 52.6 Å². The van der Waals surface area contributed by atoms with Crippen LogP contribution in [0.2, 0.25) is 0 Å². The van der Waals surface area contributed by atoms with Crippen molar-refractivity contribution in [1.82, 2.24) is 0 Å². The molecule has 0 bridgehead atoms. The fourth-order valence-electron chi connectivity index (χ4n) is 5.72. The van der Waals surface area contributed by atoms with E-state index in [1.165, 1.54) is 11.0 Å². The van der Waals surface area contributed by atoms with E-state index in [1.54, 1.807) is 19.2 Å². The van der Waals surface area contributed by atoms with Gasteiger partial charge in [0.25, 0.3) is 5.69 Å². The summed E-state index contributed by atoms with van der Waals surface area (Å²) in [5.74, 6) is 0.134. The average Bonchev–Trinajstić information content (AvgIpc) is 3.12. The van der Waals surface area contributed by atoms with Crippen LogP contribution in [0.1, 0.15) is 26.2 Å². The molecule has 9 nitrogen and oxygen atoms in total. The topological polar surface area (TPSA) is 96.2 Å². The number of amides is 2. The summed E-state index contributed by atoms with van der Waals surface area (Å²) >= 11 is 0. The quantitative estimate of drug-likeness (QED) is 0.366. The zero-order valence-corrected chi connectivity index (χ0v) is 20.1. The lowest BCUT2D eigenvalue weighted by Crippen LogP contribution is -2.46. The third-order valence-corrected chi connectivity index (χ3v) is 7.64. The fourth-order valence-corrected chi connectivity index (χ4v) is 5.72. The number of methoxy groups -OCH3 is 1. The molecule has 5 rings (SSSR count). The van der Waals surface area contributed by atoms with Crippen molar-refractivity contribution in [2.45, 2.75) is 26.2 Å². The minimum Gasteiger partial charge on any atom is -0.497 e. The van der Waals surface area contributed by atoms with Gasteiger partial charge in [-0.15, -0.1) is 0 Å². The number of ether oxygens (including phenoxy) is 1. The summed E-state index contributed by atoms with van der Waals surface area (Å²) in [6.07, 6.45) is 2.32. The zero-order valence-electron chi connectivity index (χ0n) is 20.1. The van der Waals surface area contributed by atoms with Gasteiger partial charge < -0.3 is 14.5 Å². The molecule has 0 N–H and O–H groups in total. The summed E-state index contributed by atoms with van der Waals surface area (Å²) in [7, 11) is 1.64. The third-order valence-electron chi connectivity index (χ3n) is 7.64. The zero-order chi connectivity index (χ0) is 24.7. The lowest BCUT2D eigenvalue weighted by atomic mass is 9.76. The SMILES string of the molecule is COc1cccc(N2CCN(c3ccc(N4C(=O)C5CCC(C)CC5C4=O)cc3[N+](=O)[O-])CC2)c1. The van der Waals surface area contributed by atoms with Crippen LogP contribution in [0.15, 0.2) is 42.5 Å². The number of piperazine rings is 1. The molecule has 2 aromatic rings. The van der Waals surface area contributed by atoms with E-state index in [0.717, 1.165) is 17.9 Å². The molecule has 0 aromatic heterocycles. The standard InChI is InChI=1S/C26H30N4O5/c1-17-6-8-21-22(14-17)26(32)29(25(21)31)19-7-9-23(24(16-19)30(33)34)28-12-10-27(11-13-28)18-4-3-5-20(15-18)35-2/h3-5,7,9,15-17,21-22H,6,8,10-14H2,1-2H3. The highest BCUT2D eigenvalue weighted by atomic mass is 16.6. The summed E-state index contributed by atoms with van der Waals surface area (Å²) in [5, 5.41) is 12.0. The Morgan fingerprint density at radius 3 is 2.34 bits per heavy atom. The number of nitrogens with zero attached hydrogens (tertiary/aromatic N) is 4. The third kappa shape index (κ3) is 4.19. The van der Waals surface area contributed by atoms with Gasteiger partial charge in [-0.3, -0.25) is 19.7 Å². The monoisotopic (exact) mass is 478 g/mol. The Morgan fingerprint density at radius 2 is 1.63 bits per heavy atom. The van der Waals surface area contributed by atoms with E-state index in [2.05, 4.69) is 11.8 Å². The predicted molar refractivity (Wildman–Crippen MR) is 133 cm³/mol. The molecule has 3 aliphatic rings. The van der Waals surface area contributed by atoms with Gasteiger partial charge in [-0.1, -0.05) is 13.0 Å². The number of imide groups is 1. The number of hydrogen-bond donors (Lipinski definition) is 0. The van der Waals surface area contributed by atoms with Gasteiger partial charge in [0.05, 0.1) is 29.6 Å². The van der Waals surface area contributed by atoms with Crippen molar-refractivity contribution in [3.8, 4) is 5.75 Å². The predicted octanol–water partition coefficient (Wildman–Crippen LogP) is 3.86. The van der Waals surface area contributed by atoms with Crippen molar-refractivity contribution in [2.75, 3.05) is 48.0 Å². The molecule has 2 aliphatic heterocycles. The number of anilines is 3. The smallest absolute Gasteiger partial charge is 0.294 e. The highest BCUT2D eigenvalue weighted by Gasteiger charge is 2.50. The molecule has 35 heavy (non-hydrogen) atoms. The van der Waals surface area contributed by atoms with E-state index in [-0.39, 0.29) is 29.3 Å². The number of nitro groups is 1. The van der Waals surface area contributed by atoms with Crippen LogP contribution in [0.5, 0.6) is 5.75 Å².